The first-order chi connectivity index (χ1) is 10.1. The number of imidazole rings is 1. The Kier molecular flexibility index (Phi) is 5.51. The number of hydrogen-bond acceptors (Lipinski definition) is 2. The Labute approximate surface area is 132 Å². The average molecular weight is 309 g/mol. The van der Waals surface area contributed by atoms with Gasteiger partial charge in [0.25, 0.3) is 0 Å². The van der Waals surface area contributed by atoms with Crippen LogP contribution in [0.5, 0.6) is 5.75 Å². The van der Waals surface area contributed by atoms with E-state index in [0.29, 0.717) is 11.9 Å². The van der Waals surface area contributed by atoms with Crippen LogP contribution in [0.3, 0.4) is 0 Å². The lowest BCUT2D eigenvalue weighted by molar-refractivity contribution is 0.245. The van der Waals surface area contributed by atoms with E-state index in [9.17, 15) is 0 Å². The van der Waals surface area contributed by atoms with Crippen LogP contribution in [0.1, 0.15) is 52.4 Å². The van der Waals surface area contributed by atoms with Gasteiger partial charge in [0.15, 0.2) is 0 Å². The summed E-state index contributed by atoms with van der Waals surface area (Å²) in [5.74, 6) is 2.51. The van der Waals surface area contributed by atoms with Crippen molar-refractivity contribution in [1.29, 1.82) is 0 Å². The molecule has 1 aromatic carbocycles. The lowest BCUT2D eigenvalue weighted by atomic mass is 10.1. The van der Waals surface area contributed by atoms with E-state index >= 15 is 0 Å². The number of benzene rings is 1. The number of alkyl halides is 1. The Morgan fingerprint density at radius 2 is 1.95 bits per heavy atom. The maximum absolute atomic E-state index is 5.97. The van der Waals surface area contributed by atoms with Crippen LogP contribution in [-0.4, -0.2) is 21.5 Å². The van der Waals surface area contributed by atoms with Crippen molar-refractivity contribution in [3.8, 4) is 5.75 Å². The van der Waals surface area contributed by atoms with Crippen molar-refractivity contribution in [2.24, 2.45) is 0 Å². The molecule has 116 valence electrons. The number of nitrogens with zero attached hydrogens (tertiary/aromatic N) is 2. The average Bonchev–Trinajstić information content (AvgIpc) is 2.80. The topological polar surface area (TPSA) is 27.1 Å². The highest BCUT2D eigenvalue weighted by Crippen LogP contribution is 2.31. The van der Waals surface area contributed by atoms with Gasteiger partial charge < -0.3 is 9.30 Å². The fourth-order valence-electron chi connectivity index (χ4n) is 2.81. The van der Waals surface area contributed by atoms with Gasteiger partial charge in [-0.25, -0.2) is 4.98 Å². The number of aromatic nitrogens is 2. The molecule has 0 aliphatic rings. The molecular weight excluding hydrogens is 284 g/mol. The molecule has 4 heteroatoms. The summed E-state index contributed by atoms with van der Waals surface area (Å²) < 4.78 is 8.26. The van der Waals surface area contributed by atoms with Crippen molar-refractivity contribution in [2.45, 2.75) is 59.1 Å². The minimum Gasteiger partial charge on any atom is -0.489 e. The van der Waals surface area contributed by atoms with Crippen LogP contribution in [0.2, 0.25) is 0 Å². The molecule has 0 amide bonds. The highest BCUT2D eigenvalue weighted by molar-refractivity contribution is 6.17. The van der Waals surface area contributed by atoms with Crippen molar-refractivity contribution >= 4 is 22.6 Å². The van der Waals surface area contributed by atoms with Crippen molar-refractivity contribution in [3.63, 3.8) is 0 Å². The summed E-state index contributed by atoms with van der Waals surface area (Å²) in [6.07, 6.45) is 3.11. The number of aryl methyl sites for hydroxylation is 1. The minimum atomic E-state index is 0.144. The standard InChI is InChI=1S/C17H25ClN2O/c1-5-13(6-2)20-14-8-7-9-15(21-12(3)4)17(14)19-16(20)10-11-18/h7-9,12-13H,5-6,10-11H2,1-4H3. The molecule has 0 N–H and O–H groups in total. The predicted molar refractivity (Wildman–Crippen MR) is 89.5 cm³/mol. The molecule has 1 aromatic heterocycles. The van der Waals surface area contributed by atoms with Gasteiger partial charge in [0.1, 0.15) is 17.1 Å². The Hall–Kier alpha value is -1.22. The molecule has 0 radical (unpaired) electrons. The molecular formula is C17H25ClN2O. The van der Waals surface area contributed by atoms with Gasteiger partial charge in [-0.05, 0) is 38.8 Å². The first-order valence-corrected chi connectivity index (χ1v) is 8.38. The van der Waals surface area contributed by atoms with E-state index in [0.717, 1.165) is 41.9 Å². The SMILES string of the molecule is CCC(CC)n1c(CCCl)nc2c(OC(C)C)cccc21. The number of rotatable bonds is 7. The lowest BCUT2D eigenvalue weighted by Crippen LogP contribution is -2.11. The van der Waals surface area contributed by atoms with Gasteiger partial charge in [0, 0.05) is 18.3 Å². The van der Waals surface area contributed by atoms with Crippen LogP contribution in [0.25, 0.3) is 11.0 Å². The van der Waals surface area contributed by atoms with Gasteiger partial charge in [-0.3, -0.25) is 0 Å². The number of halogens is 1. The fourth-order valence-corrected chi connectivity index (χ4v) is 2.98. The van der Waals surface area contributed by atoms with Crippen LogP contribution in [0, 0.1) is 0 Å². The fraction of sp³-hybridized carbons (Fsp3) is 0.588. The molecule has 0 atom stereocenters. The summed E-state index contributed by atoms with van der Waals surface area (Å²) in [6, 6.07) is 6.63. The monoisotopic (exact) mass is 308 g/mol. The summed E-state index contributed by atoms with van der Waals surface area (Å²) in [4.78, 5) is 4.83. The molecule has 0 spiro atoms. The molecule has 0 unspecified atom stereocenters. The zero-order chi connectivity index (χ0) is 15.4. The molecule has 0 saturated carbocycles. The van der Waals surface area contributed by atoms with Gasteiger partial charge in [-0.1, -0.05) is 19.9 Å². The largest absolute Gasteiger partial charge is 0.489 e. The van der Waals surface area contributed by atoms with E-state index < -0.39 is 0 Å². The third-order valence-electron chi connectivity index (χ3n) is 3.74. The van der Waals surface area contributed by atoms with Crippen LogP contribution in [0.15, 0.2) is 18.2 Å². The maximum atomic E-state index is 5.97. The van der Waals surface area contributed by atoms with E-state index in [4.69, 9.17) is 21.3 Å². The van der Waals surface area contributed by atoms with Crippen molar-refractivity contribution in [2.75, 3.05) is 5.88 Å². The molecule has 0 saturated heterocycles. The van der Waals surface area contributed by atoms with Gasteiger partial charge in [0.05, 0.1) is 11.6 Å². The molecule has 2 rings (SSSR count). The van der Waals surface area contributed by atoms with E-state index in [-0.39, 0.29) is 6.10 Å². The number of para-hydroxylation sites is 1. The normalized spacial score (nSPS) is 11.8. The van der Waals surface area contributed by atoms with Gasteiger partial charge >= 0.3 is 0 Å². The zero-order valence-corrected chi connectivity index (χ0v) is 14.2. The minimum absolute atomic E-state index is 0.144. The summed E-state index contributed by atoms with van der Waals surface area (Å²) >= 11 is 5.97. The van der Waals surface area contributed by atoms with Crippen LogP contribution >= 0.6 is 11.6 Å². The van der Waals surface area contributed by atoms with Gasteiger partial charge in [-0.15, -0.1) is 11.6 Å². The second kappa shape index (κ2) is 7.17. The highest BCUT2D eigenvalue weighted by Gasteiger charge is 2.19. The Bertz CT molecular complexity index is 588. The zero-order valence-electron chi connectivity index (χ0n) is 13.4. The van der Waals surface area contributed by atoms with Crippen LogP contribution in [-0.2, 0) is 6.42 Å². The second-order valence-electron chi connectivity index (χ2n) is 5.60. The lowest BCUT2D eigenvalue weighted by Gasteiger charge is -2.18. The van der Waals surface area contributed by atoms with E-state index in [2.05, 4.69) is 24.5 Å². The van der Waals surface area contributed by atoms with Crippen molar-refractivity contribution in [1.82, 2.24) is 9.55 Å². The van der Waals surface area contributed by atoms with Crippen LogP contribution in [0.4, 0.5) is 0 Å². The van der Waals surface area contributed by atoms with E-state index in [1.807, 2.05) is 26.0 Å². The second-order valence-corrected chi connectivity index (χ2v) is 5.98. The van der Waals surface area contributed by atoms with E-state index in [1.165, 1.54) is 0 Å². The Morgan fingerprint density at radius 3 is 2.52 bits per heavy atom. The molecule has 2 aromatic rings. The predicted octanol–water partition coefficient (Wildman–Crippen LogP) is 4.97. The van der Waals surface area contributed by atoms with Crippen molar-refractivity contribution < 1.29 is 4.74 Å². The van der Waals surface area contributed by atoms with Gasteiger partial charge in [0.2, 0.25) is 0 Å². The molecule has 0 fully saturated rings. The first-order valence-electron chi connectivity index (χ1n) is 7.84. The summed E-state index contributed by atoms with van der Waals surface area (Å²) in [7, 11) is 0. The smallest absolute Gasteiger partial charge is 0.147 e. The summed E-state index contributed by atoms with van der Waals surface area (Å²) in [6.45, 7) is 8.52. The molecule has 0 aliphatic carbocycles. The summed E-state index contributed by atoms with van der Waals surface area (Å²) in [5, 5.41) is 0. The Balaban J connectivity index is 2.61. The summed E-state index contributed by atoms with van der Waals surface area (Å²) in [5.41, 5.74) is 2.11. The van der Waals surface area contributed by atoms with Gasteiger partial charge in [-0.2, -0.15) is 0 Å². The van der Waals surface area contributed by atoms with Crippen molar-refractivity contribution in [3.05, 3.63) is 24.0 Å². The maximum Gasteiger partial charge on any atom is 0.147 e. The molecule has 1 heterocycles. The third-order valence-corrected chi connectivity index (χ3v) is 3.93. The molecule has 21 heavy (non-hydrogen) atoms. The molecule has 3 nitrogen and oxygen atoms in total. The van der Waals surface area contributed by atoms with E-state index in [1.54, 1.807) is 0 Å². The molecule has 0 bridgehead atoms. The first kappa shape index (κ1) is 16.2. The molecule has 0 aliphatic heterocycles. The number of ether oxygens (including phenoxy) is 1. The number of fused-ring (bicyclic) bond motifs is 1. The van der Waals surface area contributed by atoms with Crippen LogP contribution < -0.4 is 4.74 Å². The quantitative estimate of drug-likeness (QED) is 0.675. The third kappa shape index (κ3) is 3.34. The number of hydrogen-bond donors (Lipinski definition) is 0. The highest BCUT2D eigenvalue weighted by atomic mass is 35.5. The Morgan fingerprint density at radius 1 is 1.24 bits per heavy atom.